The van der Waals surface area contributed by atoms with Crippen molar-refractivity contribution in [1.82, 2.24) is 10.3 Å². The summed E-state index contributed by atoms with van der Waals surface area (Å²) in [7, 11) is 0. The van der Waals surface area contributed by atoms with Gasteiger partial charge >= 0.3 is 0 Å². The van der Waals surface area contributed by atoms with Gasteiger partial charge in [0, 0.05) is 16.0 Å². The first-order chi connectivity index (χ1) is 13.0. The summed E-state index contributed by atoms with van der Waals surface area (Å²) >= 11 is 12.5. The summed E-state index contributed by atoms with van der Waals surface area (Å²) in [4.78, 5) is 16.5. The highest BCUT2D eigenvalue weighted by atomic mass is 35.5. The van der Waals surface area contributed by atoms with Crippen molar-refractivity contribution < 1.29 is 9.53 Å². The molecule has 0 radical (unpaired) electrons. The van der Waals surface area contributed by atoms with Crippen molar-refractivity contribution in [2.24, 2.45) is 0 Å². The number of nitrogens with zero attached hydrogens (tertiary/aromatic N) is 1. The fourth-order valence-electron chi connectivity index (χ4n) is 2.28. The summed E-state index contributed by atoms with van der Waals surface area (Å²) in [5, 5.41) is 8.81. The fraction of sp³-hybridized carbons (Fsp3) is 0.105. The molecular weight excluding hydrogens is 402 g/mol. The Hall–Kier alpha value is -2.48. The van der Waals surface area contributed by atoms with Crippen LogP contribution in [-0.4, -0.2) is 22.6 Å². The molecular formula is C19H16ClN3O2S2. The van der Waals surface area contributed by atoms with Gasteiger partial charge in [-0.2, -0.15) is 0 Å². The number of anilines is 1. The van der Waals surface area contributed by atoms with Gasteiger partial charge in [0.2, 0.25) is 0 Å². The Morgan fingerprint density at radius 3 is 2.78 bits per heavy atom. The van der Waals surface area contributed by atoms with Gasteiger partial charge in [-0.15, -0.1) is 11.3 Å². The Balaban J connectivity index is 1.50. The average molecular weight is 418 g/mol. The van der Waals surface area contributed by atoms with Gasteiger partial charge in [0.15, 0.2) is 16.9 Å². The van der Waals surface area contributed by atoms with Crippen molar-refractivity contribution in [3.63, 3.8) is 0 Å². The lowest BCUT2D eigenvalue weighted by Gasteiger charge is -2.10. The van der Waals surface area contributed by atoms with Crippen LogP contribution in [0.15, 0.2) is 53.9 Å². The second kappa shape index (κ2) is 8.94. The summed E-state index contributed by atoms with van der Waals surface area (Å²) in [6.45, 7) is 1.70. The molecule has 0 aliphatic rings. The summed E-state index contributed by atoms with van der Waals surface area (Å²) in [6, 6.07) is 15.0. The lowest BCUT2D eigenvalue weighted by molar-refractivity contribution is -0.121. The molecule has 0 aliphatic carbocycles. The molecule has 5 nitrogen and oxygen atoms in total. The number of thiocarbonyl (C=S) groups is 1. The first-order valence-corrected chi connectivity index (χ1v) is 9.68. The highest BCUT2D eigenvalue weighted by Gasteiger charge is 2.10. The number of rotatable bonds is 5. The van der Waals surface area contributed by atoms with Crippen molar-refractivity contribution in [3.05, 3.63) is 64.5 Å². The van der Waals surface area contributed by atoms with E-state index >= 15 is 0 Å². The van der Waals surface area contributed by atoms with E-state index in [4.69, 9.17) is 28.6 Å². The minimum Gasteiger partial charge on any atom is -0.483 e. The molecule has 0 unspecified atom stereocenters. The van der Waals surface area contributed by atoms with Crippen LogP contribution < -0.4 is 15.4 Å². The molecule has 2 aromatic carbocycles. The van der Waals surface area contributed by atoms with Crippen molar-refractivity contribution in [2.45, 2.75) is 6.92 Å². The third kappa shape index (κ3) is 5.50. The van der Waals surface area contributed by atoms with Crippen LogP contribution in [-0.2, 0) is 4.79 Å². The molecule has 0 spiro atoms. The first kappa shape index (κ1) is 19.3. The van der Waals surface area contributed by atoms with Gasteiger partial charge in [0.25, 0.3) is 5.91 Å². The van der Waals surface area contributed by atoms with E-state index in [0.717, 1.165) is 16.8 Å². The molecule has 1 aromatic heterocycles. The largest absolute Gasteiger partial charge is 0.483 e. The number of hydrogen-bond donors (Lipinski definition) is 2. The minimum atomic E-state index is -0.360. The Morgan fingerprint density at radius 2 is 2.04 bits per heavy atom. The molecule has 138 valence electrons. The maximum absolute atomic E-state index is 12.0. The highest BCUT2D eigenvalue weighted by molar-refractivity contribution is 7.80. The molecule has 1 heterocycles. The van der Waals surface area contributed by atoms with E-state index in [1.807, 2.05) is 42.6 Å². The van der Waals surface area contributed by atoms with Crippen LogP contribution in [0, 0.1) is 6.92 Å². The Kier molecular flexibility index (Phi) is 6.39. The topological polar surface area (TPSA) is 63.2 Å². The number of halogens is 1. The number of aromatic nitrogens is 1. The number of ether oxygens (including phenoxy) is 1. The summed E-state index contributed by atoms with van der Waals surface area (Å²) in [6.07, 6.45) is 0. The van der Waals surface area contributed by atoms with E-state index < -0.39 is 0 Å². The zero-order valence-corrected chi connectivity index (χ0v) is 16.8. The Bertz CT molecular complexity index is 961. The maximum atomic E-state index is 12.0. The molecule has 0 atom stereocenters. The van der Waals surface area contributed by atoms with Crippen LogP contribution >= 0.6 is 35.2 Å². The second-order valence-electron chi connectivity index (χ2n) is 5.60. The van der Waals surface area contributed by atoms with E-state index in [1.54, 1.807) is 18.2 Å². The zero-order valence-electron chi connectivity index (χ0n) is 14.4. The Labute approximate surface area is 171 Å². The molecule has 0 saturated carbocycles. The molecule has 0 saturated heterocycles. The molecule has 2 N–H and O–H groups in total. The smallest absolute Gasteiger partial charge is 0.264 e. The molecule has 3 aromatic rings. The number of benzene rings is 2. The lowest BCUT2D eigenvalue weighted by Crippen LogP contribution is -2.37. The molecule has 8 heteroatoms. The number of aryl methyl sites for hydroxylation is 1. The molecule has 0 aliphatic heterocycles. The third-order valence-electron chi connectivity index (χ3n) is 3.54. The molecule has 1 amide bonds. The van der Waals surface area contributed by atoms with E-state index in [9.17, 15) is 4.79 Å². The van der Waals surface area contributed by atoms with E-state index in [1.165, 1.54) is 11.3 Å². The van der Waals surface area contributed by atoms with Gasteiger partial charge in [0.05, 0.1) is 5.69 Å². The maximum Gasteiger partial charge on any atom is 0.264 e. The van der Waals surface area contributed by atoms with Gasteiger partial charge in [-0.1, -0.05) is 41.9 Å². The van der Waals surface area contributed by atoms with Crippen LogP contribution in [0.4, 0.5) is 5.13 Å². The molecule has 3 rings (SSSR count). The van der Waals surface area contributed by atoms with Gasteiger partial charge in [0.1, 0.15) is 5.75 Å². The quantitative estimate of drug-likeness (QED) is 0.591. The van der Waals surface area contributed by atoms with Crippen molar-refractivity contribution in [2.75, 3.05) is 11.9 Å². The molecule has 27 heavy (non-hydrogen) atoms. The molecule has 0 bridgehead atoms. The molecule has 0 fully saturated rings. The lowest BCUT2D eigenvalue weighted by atomic mass is 10.2. The van der Waals surface area contributed by atoms with Gasteiger partial charge in [-0.25, -0.2) is 4.98 Å². The number of thiazole rings is 1. The van der Waals surface area contributed by atoms with Gasteiger partial charge in [-0.3, -0.25) is 10.1 Å². The van der Waals surface area contributed by atoms with Crippen LogP contribution in [0.5, 0.6) is 5.75 Å². The monoisotopic (exact) mass is 417 g/mol. The minimum absolute atomic E-state index is 0.155. The standard InChI is InChI=1S/C19H16ClN3O2S2/c1-12-9-14(20)7-8-16(12)25-10-17(24)22-18(26)23-19-21-15(11-27-19)13-5-3-2-4-6-13/h2-9,11H,10H2,1H3,(H2,21,22,23,24,26). The van der Waals surface area contributed by atoms with Crippen molar-refractivity contribution in [3.8, 4) is 17.0 Å². The zero-order chi connectivity index (χ0) is 19.2. The Morgan fingerprint density at radius 1 is 1.26 bits per heavy atom. The summed E-state index contributed by atoms with van der Waals surface area (Å²) < 4.78 is 5.50. The van der Waals surface area contributed by atoms with Gasteiger partial charge < -0.3 is 10.1 Å². The number of amides is 1. The van der Waals surface area contributed by atoms with Crippen LogP contribution in [0.1, 0.15) is 5.56 Å². The third-order valence-corrected chi connectivity index (χ3v) is 4.74. The predicted molar refractivity (Wildman–Crippen MR) is 114 cm³/mol. The van der Waals surface area contributed by atoms with E-state index in [-0.39, 0.29) is 17.6 Å². The fourth-order valence-corrected chi connectivity index (χ4v) is 3.51. The number of nitrogens with one attached hydrogen (secondary N) is 2. The van der Waals surface area contributed by atoms with Crippen molar-refractivity contribution in [1.29, 1.82) is 0 Å². The highest BCUT2D eigenvalue weighted by Crippen LogP contribution is 2.24. The van der Waals surface area contributed by atoms with Crippen molar-refractivity contribution >= 4 is 51.3 Å². The first-order valence-electron chi connectivity index (χ1n) is 8.02. The van der Waals surface area contributed by atoms with E-state index in [2.05, 4.69) is 15.6 Å². The van der Waals surface area contributed by atoms with Crippen LogP contribution in [0.25, 0.3) is 11.3 Å². The van der Waals surface area contributed by atoms with E-state index in [0.29, 0.717) is 15.9 Å². The van der Waals surface area contributed by atoms with Crippen LogP contribution in [0.2, 0.25) is 5.02 Å². The van der Waals surface area contributed by atoms with Crippen LogP contribution in [0.3, 0.4) is 0 Å². The predicted octanol–water partition coefficient (Wildman–Crippen LogP) is 4.66. The summed E-state index contributed by atoms with van der Waals surface area (Å²) in [5.74, 6) is 0.238. The normalized spacial score (nSPS) is 10.3. The second-order valence-corrected chi connectivity index (χ2v) is 7.31. The van der Waals surface area contributed by atoms with Gasteiger partial charge in [-0.05, 0) is 42.9 Å². The number of carbonyl (C=O) groups is 1. The number of hydrogen-bond acceptors (Lipinski definition) is 5. The SMILES string of the molecule is Cc1cc(Cl)ccc1OCC(=O)NC(=S)Nc1nc(-c2ccccc2)cs1. The average Bonchev–Trinajstić information content (AvgIpc) is 3.10. The summed E-state index contributed by atoms with van der Waals surface area (Å²) in [5.41, 5.74) is 2.72. The number of carbonyl (C=O) groups excluding carboxylic acids is 1.